The fraction of sp³-hybridized carbons (Fsp3) is 0.190. The number of nitrogens with zero attached hydrogens (tertiary/aromatic N) is 3. The van der Waals surface area contributed by atoms with E-state index in [0.29, 0.717) is 28.1 Å². The minimum Gasteiger partial charge on any atom is -0.301 e. The molecule has 30 heavy (non-hydrogen) atoms. The lowest BCUT2D eigenvalue weighted by Crippen LogP contribution is -2.41. The summed E-state index contributed by atoms with van der Waals surface area (Å²) in [6.45, 7) is 3.82. The second-order valence-corrected chi connectivity index (χ2v) is 8.84. The number of hydrogen-bond acceptors (Lipinski definition) is 7. The van der Waals surface area contributed by atoms with Crippen LogP contribution in [0.4, 0.5) is 5.13 Å². The van der Waals surface area contributed by atoms with E-state index in [1.54, 1.807) is 18.2 Å². The van der Waals surface area contributed by atoms with E-state index >= 15 is 0 Å². The molecule has 0 bridgehead atoms. The molecule has 0 saturated heterocycles. The van der Waals surface area contributed by atoms with Gasteiger partial charge in [0.05, 0.1) is 0 Å². The zero-order chi connectivity index (χ0) is 21.1. The Kier molecular flexibility index (Phi) is 5.91. The van der Waals surface area contributed by atoms with Gasteiger partial charge in [0.2, 0.25) is 11.0 Å². The molecule has 3 aromatic rings. The molecule has 152 valence electrons. The van der Waals surface area contributed by atoms with Crippen LogP contribution in [0.5, 0.6) is 0 Å². The molecule has 1 aromatic heterocycles. The van der Waals surface area contributed by atoms with E-state index in [-0.39, 0.29) is 30.7 Å². The van der Waals surface area contributed by atoms with Crippen LogP contribution in [0.15, 0.2) is 53.4 Å². The third-order valence-electron chi connectivity index (χ3n) is 4.62. The predicted octanol–water partition coefficient (Wildman–Crippen LogP) is 3.98. The quantitative estimate of drug-likeness (QED) is 0.247. The minimum atomic E-state index is -0.322. The van der Waals surface area contributed by atoms with Crippen molar-refractivity contribution < 1.29 is 14.4 Å². The molecule has 0 radical (unpaired) electrons. The molecule has 1 N–H and O–H groups in total. The summed E-state index contributed by atoms with van der Waals surface area (Å²) in [5.74, 6) is -0.154. The van der Waals surface area contributed by atoms with Gasteiger partial charge < -0.3 is 5.32 Å². The molecular weight excluding hydrogens is 420 g/mol. The van der Waals surface area contributed by atoms with Crippen molar-refractivity contribution >= 4 is 56.7 Å². The zero-order valence-electron chi connectivity index (χ0n) is 16.0. The van der Waals surface area contributed by atoms with Crippen molar-refractivity contribution in [2.75, 3.05) is 17.6 Å². The number of aromatic nitrogens is 2. The van der Waals surface area contributed by atoms with Crippen molar-refractivity contribution in [1.82, 2.24) is 15.1 Å². The molecule has 1 aliphatic heterocycles. The van der Waals surface area contributed by atoms with Crippen molar-refractivity contribution in [3.8, 4) is 0 Å². The van der Waals surface area contributed by atoms with Gasteiger partial charge in [0, 0.05) is 35.2 Å². The SMILES string of the molecule is C=CCSc1nnc(NC(=O)CCCN2C(=O)c3cccc4cccc(c34)C2=O)s1. The second-order valence-electron chi connectivity index (χ2n) is 6.60. The Bertz CT molecular complexity index is 1110. The predicted molar refractivity (Wildman–Crippen MR) is 118 cm³/mol. The third kappa shape index (κ3) is 3.99. The maximum absolute atomic E-state index is 12.8. The van der Waals surface area contributed by atoms with Gasteiger partial charge in [0.25, 0.3) is 11.8 Å². The van der Waals surface area contributed by atoms with Crippen molar-refractivity contribution in [1.29, 1.82) is 0 Å². The largest absolute Gasteiger partial charge is 0.301 e. The van der Waals surface area contributed by atoms with Crippen molar-refractivity contribution in [2.24, 2.45) is 0 Å². The number of benzene rings is 2. The number of amides is 3. The lowest BCUT2D eigenvalue weighted by molar-refractivity contribution is -0.116. The Morgan fingerprint density at radius 3 is 2.50 bits per heavy atom. The molecule has 7 nitrogen and oxygen atoms in total. The monoisotopic (exact) mass is 438 g/mol. The van der Waals surface area contributed by atoms with E-state index in [1.807, 2.05) is 24.3 Å². The fourth-order valence-corrected chi connectivity index (χ4v) is 4.84. The number of carbonyl (C=O) groups excluding carboxylic acids is 3. The standard InChI is InChI=1S/C21H18N4O3S2/c1-2-12-29-21-24-23-20(30-21)22-16(26)10-5-11-25-18(27)14-8-3-6-13-7-4-9-15(17(13)14)19(25)28/h2-4,6-9H,1,5,10-12H2,(H,22,23,26). The molecule has 0 unspecified atom stereocenters. The summed E-state index contributed by atoms with van der Waals surface area (Å²) in [6, 6.07) is 10.9. The average molecular weight is 439 g/mol. The Morgan fingerprint density at radius 1 is 1.13 bits per heavy atom. The van der Waals surface area contributed by atoms with Gasteiger partial charge in [0.15, 0.2) is 4.34 Å². The van der Waals surface area contributed by atoms with Gasteiger partial charge in [-0.1, -0.05) is 53.4 Å². The Hall–Kier alpha value is -3.04. The van der Waals surface area contributed by atoms with Gasteiger partial charge in [-0.15, -0.1) is 16.8 Å². The van der Waals surface area contributed by atoms with E-state index in [4.69, 9.17) is 0 Å². The normalized spacial score (nSPS) is 13.0. The summed E-state index contributed by atoms with van der Waals surface area (Å²) in [5, 5.41) is 12.6. The number of hydrogen-bond donors (Lipinski definition) is 1. The van der Waals surface area contributed by atoms with Gasteiger partial charge >= 0.3 is 0 Å². The highest BCUT2D eigenvalue weighted by Gasteiger charge is 2.32. The van der Waals surface area contributed by atoms with Crippen LogP contribution in [0.3, 0.4) is 0 Å². The van der Waals surface area contributed by atoms with Crippen LogP contribution in [-0.4, -0.2) is 45.1 Å². The smallest absolute Gasteiger partial charge is 0.261 e. The molecule has 0 fully saturated rings. The fourth-order valence-electron chi connectivity index (χ4n) is 3.31. The molecule has 0 atom stereocenters. The number of anilines is 1. The zero-order valence-corrected chi connectivity index (χ0v) is 17.6. The first kappa shape index (κ1) is 20.2. The molecule has 1 aliphatic rings. The molecular formula is C21H18N4O3S2. The molecule has 4 rings (SSSR count). The average Bonchev–Trinajstić information content (AvgIpc) is 3.19. The molecule has 3 amide bonds. The number of carbonyl (C=O) groups is 3. The van der Waals surface area contributed by atoms with Gasteiger partial charge in [-0.25, -0.2) is 0 Å². The van der Waals surface area contributed by atoms with Crippen LogP contribution in [0.1, 0.15) is 33.6 Å². The van der Waals surface area contributed by atoms with E-state index in [2.05, 4.69) is 22.1 Å². The topological polar surface area (TPSA) is 92.3 Å². The van der Waals surface area contributed by atoms with Gasteiger partial charge in [-0.2, -0.15) is 0 Å². The summed E-state index contributed by atoms with van der Waals surface area (Å²) >= 11 is 2.79. The summed E-state index contributed by atoms with van der Waals surface area (Å²) in [5.41, 5.74) is 1.04. The van der Waals surface area contributed by atoms with Crippen LogP contribution in [0, 0.1) is 0 Å². The summed E-state index contributed by atoms with van der Waals surface area (Å²) in [6.07, 6.45) is 2.29. The molecule has 9 heteroatoms. The van der Waals surface area contributed by atoms with Gasteiger partial charge in [0.1, 0.15) is 0 Å². The van der Waals surface area contributed by atoms with Crippen LogP contribution in [0.2, 0.25) is 0 Å². The van der Waals surface area contributed by atoms with Crippen LogP contribution in [0.25, 0.3) is 10.8 Å². The third-order valence-corrected chi connectivity index (χ3v) is 6.59. The molecule has 0 saturated carbocycles. The molecule has 0 spiro atoms. The Labute approximate surface area is 181 Å². The van der Waals surface area contributed by atoms with Crippen LogP contribution >= 0.6 is 23.1 Å². The highest BCUT2D eigenvalue weighted by Crippen LogP contribution is 2.30. The van der Waals surface area contributed by atoms with E-state index < -0.39 is 0 Å². The Morgan fingerprint density at radius 2 is 1.83 bits per heavy atom. The number of thioether (sulfide) groups is 1. The highest BCUT2D eigenvalue weighted by molar-refractivity contribution is 8.01. The number of nitrogens with one attached hydrogen (secondary N) is 1. The lowest BCUT2D eigenvalue weighted by atomic mass is 9.94. The Balaban J connectivity index is 1.37. The molecule has 2 aromatic carbocycles. The van der Waals surface area contributed by atoms with E-state index in [1.165, 1.54) is 28.0 Å². The minimum absolute atomic E-state index is 0.164. The van der Waals surface area contributed by atoms with Crippen molar-refractivity contribution in [3.63, 3.8) is 0 Å². The first-order valence-corrected chi connectivity index (χ1v) is 11.1. The first-order valence-electron chi connectivity index (χ1n) is 9.33. The summed E-state index contributed by atoms with van der Waals surface area (Å²) in [4.78, 5) is 39.1. The van der Waals surface area contributed by atoms with Crippen molar-refractivity contribution in [2.45, 2.75) is 17.2 Å². The summed E-state index contributed by atoms with van der Waals surface area (Å²) in [7, 11) is 0. The van der Waals surface area contributed by atoms with Gasteiger partial charge in [-0.05, 0) is 23.9 Å². The number of rotatable bonds is 8. The lowest BCUT2D eigenvalue weighted by Gasteiger charge is -2.27. The number of imide groups is 1. The molecule has 2 heterocycles. The maximum atomic E-state index is 12.8. The first-order chi connectivity index (χ1) is 14.6. The molecule has 0 aliphatic carbocycles. The van der Waals surface area contributed by atoms with E-state index in [9.17, 15) is 14.4 Å². The van der Waals surface area contributed by atoms with Crippen molar-refractivity contribution in [3.05, 3.63) is 60.2 Å². The summed E-state index contributed by atoms with van der Waals surface area (Å²) < 4.78 is 0.752. The maximum Gasteiger partial charge on any atom is 0.261 e. The van der Waals surface area contributed by atoms with Gasteiger partial charge in [-0.3, -0.25) is 19.3 Å². The van der Waals surface area contributed by atoms with E-state index in [0.717, 1.165) is 15.5 Å². The second kappa shape index (κ2) is 8.76. The van der Waals surface area contributed by atoms with Crippen LogP contribution < -0.4 is 5.32 Å². The highest BCUT2D eigenvalue weighted by atomic mass is 32.2. The van der Waals surface area contributed by atoms with Crippen LogP contribution in [-0.2, 0) is 4.79 Å².